The van der Waals surface area contributed by atoms with Gasteiger partial charge in [-0.1, -0.05) is 30.7 Å². The van der Waals surface area contributed by atoms with Crippen molar-refractivity contribution in [3.8, 4) is 0 Å². The van der Waals surface area contributed by atoms with Crippen LogP contribution in [0.5, 0.6) is 0 Å². The SMILES string of the molecule is CCc1ccc(C(=O)CN(C)C(C)c2cccc(Cl)c2)s1. The van der Waals surface area contributed by atoms with Crippen LogP contribution >= 0.6 is 22.9 Å². The Morgan fingerprint density at radius 3 is 2.71 bits per heavy atom. The van der Waals surface area contributed by atoms with Crippen molar-refractivity contribution >= 4 is 28.7 Å². The Hall–Kier alpha value is -1.16. The van der Waals surface area contributed by atoms with Crippen molar-refractivity contribution in [2.24, 2.45) is 0 Å². The smallest absolute Gasteiger partial charge is 0.186 e. The number of carbonyl (C=O) groups is 1. The molecule has 1 aromatic heterocycles. The Kier molecular flexibility index (Phi) is 5.57. The Bertz CT molecular complexity index is 623. The molecule has 4 heteroatoms. The summed E-state index contributed by atoms with van der Waals surface area (Å²) in [6.45, 7) is 4.61. The lowest BCUT2D eigenvalue weighted by atomic mass is 10.1. The number of rotatable bonds is 6. The standard InChI is InChI=1S/C17H20ClNOS/c1-4-15-8-9-17(21-15)16(20)11-19(3)12(2)13-6-5-7-14(18)10-13/h5-10,12H,4,11H2,1-3H3. The van der Waals surface area contributed by atoms with Crippen molar-refractivity contribution in [1.29, 1.82) is 0 Å². The molecule has 21 heavy (non-hydrogen) atoms. The molecular weight excluding hydrogens is 302 g/mol. The Balaban J connectivity index is 2.03. The maximum absolute atomic E-state index is 12.3. The maximum Gasteiger partial charge on any atom is 0.186 e. The van der Waals surface area contributed by atoms with Crippen LogP contribution in [0.2, 0.25) is 5.02 Å². The number of likely N-dealkylation sites (N-methyl/N-ethyl adjacent to an activating group) is 1. The van der Waals surface area contributed by atoms with E-state index in [2.05, 4.69) is 18.7 Å². The van der Waals surface area contributed by atoms with Gasteiger partial charge in [0.25, 0.3) is 0 Å². The van der Waals surface area contributed by atoms with Gasteiger partial charge in [-0.2, -0.15) is 0 Å². The average Bonchev–Trinajstić information content (AvgIpc) is 2.95. The van der Waals surface area contributed by atoms with E-state index in [1.807, 2.05) is 43.4 Å². The first-order valence-electron chi connectivity index (χ1n) is 7.09. The molecule has 112 valence electrons. The third kappa shape index (κ3) is 4.16. The van der Waals surface area contributed by atoms with E-state index in [1.54, 1.807) is 11.3 Å². The minimum atomic E-state index is 0.151. The third-order valence-electron chi connectivity index (χ3n) is 3.67. The van der Waals surface area contributed by atoms with Crippen LogP contribution in [-0.4, -0.2) is 24.3 Å². The lowest BCUT2D eigenvalue weighted by Crippen LogP contribution is -2.28. The number of nitrogens with zero attached hydrogens (tertiary/aromatic N) is 1. The van der Waals surface area contributed by atoms with Crippen molar-refractivity contribution in [1.82, 2.24) is 4.90 Å². The number of halogens is 1. The predicted octanol–water partition coefficient (Wildman–Crippen LogP) is 4.84. The molecule has 0 aliphatic rings. The lowest BCUT2D eigenvalue weighted by molar-refractivity contribution is 0.0929. The second kappa shape index (κ2) is 7.21. The molecule has 1 unspecified atom stereocenters. The molecule has 0 radical (unpaired) electrons. The summed E-state index contributed by atoms with van der Waals surface area (Å²) in [4.78, 5) is 16.5. The molecular formula is C17H20ClNOS. The van der Waals surface area contributed by atoms with Gasteiger partial charge in [0, 0.05) is 15.9 Å². The molecule has 1 heterocycles. The van der Waals surface area contributed by atoms with Gasteiger partial charge in [0.1, 0.15) is 0 Å². The molecule has 0 aliphatic carbocycles. The average molecular weight is 322 g/mol. The summed E-state index contributed by atoms with van der Waals surface area (Å²) in [7, 11) is 1.97. The van der Waals surface area contributed by atoms with Crippen LogP contribution in [0.4, 0.5) is 0 Å². The van der Waals surface area contributed by atoms with Gasteiger partial charge in [-0.3, -0.25) is 9.69 Å². The number of hydrogen-bond acceptors (Lipinski definition) is 3. The van der Waals surface area contributed by atoms with Gasteiger partial charge in [0.05, 0.1) is 11.4 Å². The summed E-state index contributed by atoms with van der Waals surface area (Å²) in [5.41, 5.74) is 1.12. The van der Waals surface area contributed by atoms with Crippen LogP contribution in [0.25, 0.3) is 0 Å². The van der Waals surface area contributed by atoms with Crippen LogP contribution in [0.15, 0.2) is 36.4 Å². The van der Waals surface area contributed by atoms with E-state index in [1.165, 1.54) is 4.88 Å². The monoisotopic (exact) mass is 321 g/mol. The summed E-state index contributed by atoms with van der Waals surface area (Å²) in [5, 5.41) is 0.727. The Morgan fingerprint density at radius 2 is 2.10 bits per heavy atom. The fraction of sp³-hybridized carbons (Fsp3) is 0.353. The number of thiophene rings is 1. The van der Waals surface area contributed by atoms with E-state index in [0.717, 1.165) is 21.9 Å². The minimum absolute atomic E-state index is 0.151. The zero-order chi connectivity index (χ0) is 15.4. The molecule has 0 aliphatic heterocycles. The molecule has 0 saturated carbocycles. The summed E-state index contributed by atoms with van der Waals surface area (Å²) in [6, 6.07) is 11.9. The highest BCUT2D eigenvalue weighted by Crippen LogP contribution is 2.23. The van der Waals surface area contributed by atoms with Gasteiger partial charge in [0.2, 0.25) is 0 Å². The minimum Gasteiger partial charge on any atom is -0.292 e. The molecule has 1 aromatic carbocycles. The normalized spacial score (nSPS) is 12.6. The maximum atomic E-state index is 12.3. The zero-order valence-corrected chi connectivity index (χ0v) is 14.2. The summed E-state index contributed by atoms with van der Waals surface area (Å²) in [5.74, 6) is 0.177. The molecule has 0 saturated heterocycles. The van der Waals surface area contributed by atoms with Gasteiger partial charge in [-0.05, 0) is 50.2 Å². The highest BCUT2D eigenvalue weighted by atomic mass is 35.5. The molecule has 2 aromatic rings. The Labute approximate surface area is 135 Å². The van der Waals surface area contributed by atoms with Crippen molar-refractivity contribution in [2.75, 3.05) is 13.6 Å². The topological polar surface area (TPSA) is 20.3 Å². The molecule has 0 fully saturated rings. The first-order chi connectivity index (χ1) is 10.0. The number of ketones is 1. The van der Waals surface area contributed by atoms with Crippen molar-refractivity contribution < 1.29 is 4.79 Å². The first kappa shape index (κ1) is 16.2. The van der Waals surface area contributed by atoms with Gasteiger partial charge >= 0.3 is 0 Å². The fourth-order valence-corrected chi connectivity index (χ4v) is 3.26. The first-order valence-corrected chi connectivity index (χ1v) is 8.28. The quantitative estimate of drug-likeness (QED) is 0.709. The molecule has 2 nitrogen and oxygen atoms in total. The molecule has 0 spiro atoms. The predicted molar refractivity (Wildman–Crippen MR) is 90.5 cm³/mol. The van der Waals surface area contributed by atoms with E-state index in [9.17, 15) is 4.79 Å². The van der Waals surface area contributed by atoms with Crippen molar-refractivity contribution in [2.45, 2.75) is 26.3 Å². The van der Waals surface area contributed by atoms with Crippen LogP contribution in [0.3, 0.4) is 0 Å². The third-order valence-corrected chi connectivity index (χ3v) is 5.18. The van der Waals surface area contributed by atoms with E-state index in [4.69, 9.17) is 11.6 Å². The highest BCUT2D eigenvalue weighted by Gasteiger charge is 2.17. The summed E-state index contributed by atoms with van der Waals surface area (Å²) >= 11 is 7.63. The van der Waals surface area contributed by atoms with Crippen LogP contribution in [0.1, 0.15) is 40.0 Å². The summed E-state index contributed by atoms with van der Waals surface area (Å²) in [6.07, 6.45) is 0.979. The largest absolute Gasteiger partial charge is 0.292 e. The van der Waals surface area contributed by atoms with E-state index >= 15 is 0 Å². The van der Waals surface area contributed by atoms with Gasteiger partial charge in [0.15, 0.2) is 5.78 Å². The number of Topliss-reactive ketones (excluding diaryl/α,β-unsaturated/α-hetero) is 1. The second-order valence-electron chi connectivity index (χ2n) is 5.19. The molecule has 0 amide bonds. The molecule has 2 rings (SSSR count). The van der Waals surface area contributed by atoms with Crippen LogP contribution < -0.4 is 0 Å². The van der Waals surface area contributed by atoms with E-state index in [-0.39, 0.29) is 11.8 Å². The molecule has 0 bridgehead atoms. The number of benzene rings is 1. The fourth-order valence-electron chi connectivity index (χ4n) is 2.18. The molecule has 1 atom stereocenters. The van der Waals surface area contributed by atoms with Gasteiger partial charge < -0.3 is 0 Å². The lowest BCUT2D eigenvalue weighted by Gasteiger charge is -2.24. The van der Waals surface area contributed by atoms with Gasteiger partial charge in [-0.25, -0.2) is 0 Å². The number of aryl methyl sites for hydroxylation is 1. The second-order valence-corrected chi connectivity index (χ2v) is 6.79. The van der Waals surface area contributed by atoms with Crippen LogP contribution in [0, 0.1) is 0 Å². The number of hydrogen-bond donors (Lipinski definition) is 0. The van der Waals surface area contributed by atoms with Crippen molar-refractivity contribution in [3.63, 3.8) is 0 Å². The van der Waals surface area contributed by atoms with Gasteiger partial charge in [-0.15, -0.1) is 11.3 Å². The molecule has 0 N–H and O–H groups in total. The van der Waals surface area contributed by atoms with E-state index in [0.29, 0.717) is 6.54 Å². The van der Waals surface area contributed by atoms with Crippen LogP contribution in [-0.2, 0) is 6.42 Å². The zero-order valence-electron chi connectivity index (χ0n) is 12.6. The van der Waals surface area contributed by atoms with E-state index < -0.39 is 0 Å². The Morgan fingerprint density at radius 1 is 1.33 bits per heavy atom. The van der Waals surface area contributed by atoms with Crippen molar-refractivity contribution in [3.05, 3.63) is 56.7 Å². The number of carbonyl (C=O) groups excluding carboxylic acids is 1. The summed E-state index contributed by atoms with van der Waals surface area (Å²) < 4.78 is 0. The highest BCUT2D eigenvalue weighted by molar-refractivity contribution is 7.14.